The minimum Gasteiger partial charge on any atom is -0.503 e. The maximum atomic E-state index is 13.6. The molecule has 0 aliphatic carbocycles. The van der Waals surface area contributed by atoms with Crippen LogP contribution in [0.4, 0.5) is 0 Å². The molecule has 1 atom stereocenters. The van der Waals surface area contributed by atoms with Gasteiger partial charge in [0.25, 0.3) is 5.91 Å². The SMILES string of the molecule is Cc1nc(C)c(C(=O)C2=C(O)C(=O)N(Cc3ccncc3)C2c2ccc(C(C)C)cc2)s1. The fraction of sp³-hybridized carbons (Fsp3) is 0.280. The number of pyridine rings is 1. The fourth-order valence-corrected chi connectivity index (χ4v) is 4.88. The highest BCUT2D eigenvalue weighted by molar-refractivity contribution is 7.14. The lowest BCUT2D eigenvalue weighted by molar-refractivity contribution is -0.130. The minimum absolute atomic E-state index is 0.105. The van der Waals surface area contributed by atoms with E-state index >= 15 is 0 Å². The van der Waals surface area contributed by atoms with Crippen molar-refractivity contribution in [1.82, 2.24) is 14.9 Å². The van der Waals surface area contributed by atoms with Gasteiger partial charge in [-0.2, -0.15) is 0 Å². The summed E-state index contributed by atoms with van der Waals surface area (Å²) >= 11 is 1.28. The molecule has 3 heterocycles. The average Bonchev–Trinajstić information content (AvgIpc) is 3.24. The summed E-state index contributed by atoms with van der Waals surface area (Å²) < 4.78 is 0. The zero-order valence-corrected chi connectivity index (χ0v) is 19.3. The molecule has 32 heavy (non-hydrogen) atoms. The molecule has 0 bridgehead atoms. The van der Waals surface area contributed by atoms with Gasteiger partial charge in [0.15, 0.2) is 5.76 Å². The topological polar surface area (TPSA) is 83.4 Å². The number of carbonyl (C=O) groups excluding carboxylic acids is 2. The van der Waals surface area contributed by atoms with Gasteiger partial charge >= 0.3 is 0 Å². The highest BCUT2D eigenvalue weighted by Crippen LogP contribution is 2.41. The summed E-state index contributed by atoms with van der Waals surface area (Å²) in [5.41, 5.74) is 3.51. The first-order valence-corrected chi connectivity index (χ1v) is 11.3. The molecular formula is C25H25N3O3S. The normalized spacial score (nSPS) is 16.3. The van der Waals surface area contributed by atoms with Crippen LogP contribution in [0.2, 0.25) is 0 Å². The van der Waals surface area contributed by atoms with Crippen molar-refractivity contribution in [3.63, 3.8) is 0 Å². The first kappa shape index (κ1) is 21.9. The van der Waals surface area contributed by atoms with E-state index in [-0.39, 0.29) is 17.9 Å². The molecule has 0 fully saturated rings. The summed E-state index contributed by atoms with van der Waals surface area (Å²) in [6.07, 6.45) is 3.32. The molecule has 7 heteroatoms. The van der Waals surface area contributed by atoms with E-state index in [1.807, 2.05) is 43.3 Å². The van der Waals surface area contributed by atoms with E-state index in [1.54, 1.807) is 24.2 Å². The Morgan fingerprint density at radius 2 is 1.78 bits per heavy atom. The summed E-state index contributed by atoms with van der Waals surface area (Å²) in [7, 11) is 0. The molecule has 1 amide bonds. The van der Waals surface area contributed by atoms with Gasteiger partial charge in [-0.15, -0.1) is 11.3 Å². The first-order chi connectivity index (χ1) is 15.3. The number of ketones is 1. The van der Waals surface area contributed by atoms with E-state index in [9.17, 15) is 14.7 Å². The van der Waals surface area contributed by atoms with Crippen molar-refractivity contribution >= 4 is 23.0 Å². The average molecular weight is 448 g/mol. The van der Waals surface area contributed by atoms with Crippen molar-refractivity contribution in [2.45, 2.75) is 46.2 Å². The van der Waals surface area contributed by atoms with Crippen molar-refractivity contribution in [2.75, 3.05) is 0 Å². The Bertz CT molecular complexity index is 1200. The lowest BCUT2D eigenvalue weighted by Gasteiger charge is -2.27. The van der Waals surface area contributed by atoms with E-state index in [2.05, 4.69) is 23.8 Å². The molecule has 1 aromatic carbocycles. The molecule has 0 radical (unpaired) electrons. The molecule has 0 spiro atoms. The van der Waals surface area contributed by atoms with Gasteiger partial charge in [0.2, 0.25) is 5.78 Å². The number of amides is 1. The van der Waals surface area contributed by atoms with Crippen LogP contribution in [-0.4, -0.2) is 31.7 Å². The van der Waals surface area contributed by atoms with Crippen molar-refractivity contribution < 1.29 is 14.7 Å². The van der Waals surface area contributed by atoms with E-state index < -0.39 is 17.7 Å². The zero-order chi connectivity index (χ0) is 23.0. The largest absolute Gasteiger partial charge is 0.503 e. The van der Waals surface area contributed by atoms with Crippen molar-refractivity contribution in [1.29, 1.82) is 0 Å². The summed E-state index contributed by atoms with van der Waals surface area (Å²) in [4.78, 5) is 37.1. The van der Waals surface area contributed by atoms with E-state index in [4.69, 9.17) is 0 Å². The van der Waals surface area contributed by atoms with Crippen molar-refractivity contribution in [2.24, 2.45) is 0 Å². The monoisotopic (exact) mass is 447 g/mol. The van der Waals surface area contributed by atoms with E-state index in [0.717, 1.165) is 21.7 Å². The number of aromatic nitrogens is 2. The van der Waals surface area contributed by atoms with Crippen LogP contribution in [0.15, 0.2) is 60.1 Å². The van der Waals surface area contributed by atoms with Crippen LogP contribution in [0.1, 0.15) is 62.9 Å². The van der Waals surface area contributed by atoms with Gasteiger partial charge in [0.1, 0.15) is 0 Å². The van der Waals surface area contributed by atoms with Gasteiger partial charge < -0.3 is 10.0 Å². The van der Waals surface area contributed by atoms with Crippen LogP contribution in [0, 0.1) is 13.8 Å². The van der Waals surface area contributed by atoms with Gasteiger partial charge in [-0.3, -0.25) is 14.6 Å². The predicted molar refractivity (Wildman–Crippen MR) is 124 cm³/mol. The van der Waals surface area contributed by atoms with Gasteiger partial charge in [-0.25, -0.2) is 4.98 Å². The number of nitrogens with zero attached hydrogens (tertiary/aromatic N) is 3. The quantitative estimate of drug-likeness (QED) is 0.534. The Kier molecular flexibility index (Phi) is 5.93. The Hall–Kier alpha value is -3.32. The Morgan fingerprint density at radius 1 is 1.12 bits per heavy atom. The van der Waals surface area contributed by atoms with Crippen LogP contribution >= 0.6 is 11.3 Å². The molecule has 0 saturated heterocycles. The number of aryl methyl sites for hydroxylation is 2. The third kappa shape index (κ3) is 3.96. The maximum absolute atomic E-state index is 13.6. The van der Waals surface area contributed by atoms with Gasteiger partial charge in [-0.05, 0) is 48.6 Å². The third-order valence-corrected chi connectivity index (χ3v) is 6.75. The summed E-state index contributed by atoms with van der Waals surface area (Å²) in [5.74, 6) is -1.04. The number of aliphatic hydroxyl groups excluding tert-OH is 1. The number of thiazole rings is 1. The number of rotatable bonds is 6. The van der Waals surface area contributed by atoms with Crippen LogP contribution in [0.5, 0.6) is 0 Å². The molecule has 164 valence electrons. The smallest absolute Gasteiger partial charge is 0.290 e. The lowest BCUT2D eigenvalue weighted by Crippen LogP contribution is -2.30. The molecule has 3 aromatic rings. The standard InChI is InChI=1S/C25H25N3O3S/c1-14(2)18-5-7-19(8-6-18)21-20(22(29)24-15(3)27-16(4)32-24)23(30)25(31)28(21)13-17-9-11-26-12-10-17/h5-12,14,21,30H,13H2,1-4H3. The third-order valence-electron chi connectivity index (χ3n) is 5.68. The molecule has 1 unspecified atom stereocenters. The molecule has 1 N–H and O–H groups in total. The Labute approximate surface area is 191 Å². The maximum Gasteiger partial charge on any atom is 0.290 e. The Balaban J connectivity index is 1.81. The number of Topliss-reactive ketones (excluding diaryl/α,β-unsaturated/α-hetero) is 1. The first-order valence-electron chi connectivity index (χ1n) is 10.5. The number of benzene rings is 1. The van der Waals surface area contributed by atoms with Crippen LogP contribution in [0.3, 0.4) is 0 Å². The highest BCUT2D eigenvalue weighted by atomic mass is 32.1. The summed E-state index contributed by atoms with van der Waals surface area (Å²) in [5, 5.41) is 11.6. The van der Waals surface area contributed by atoms with E-state index in [0.29, 0.717) is 16.5 Å². The Morgan fingerprint density at radius 3 is 2.34 bits per heavy atom. The van der Waals surface area contributed by atoms with Crippen molar-refractivity contribution in [3.05, 3.63) is 92.4 Å². The second-order valence-corrected chi connectivity index (χ2v) is 9.45. The number of carbonyl (C=O) groups is 2. The molecule has 4 rings (SSSR count). The van der Waals surface area contributed by atoms with Crippen LogP contribution in [0.25, 0.3) is 0 Å². The van der Waals surface area contributed by atoms with Gasteiger partial charge in [0.05, 0.1) is 27.2 Å². The number of hydrogen-bond acceptors (Lipinski definition) is 6. The second-order valence-electron chi connectivity index (χ2n) is 8.25. The van der Waals surface area contributed by atoms with E-state index in [1.165, 1.54) is 11.3 Å². The molecule has 2 aromatic heterocycles. The fourth-order valence-electron chi connectivity index (χ4n) is 4.01. The molecule has 1 aliphatic rings. The summed E-state index contributed by atoms with van der Waals surface area (Å²) in [6, 6.07) is 10.8. The van der Waals surface area contributed by atoms with Gasteiger partial charge in [0, 0.05) is 18.9 Å². The predicted octanol–water partition coefficient (Wildman–Crippen LogP) is 5.06. The summed E-state index contributed by atoms with van der Waals surface area (Å²) in [6.45, 7) is 8.07. The lowest BCUT2D eigenvalue weighted by atomic mass is 9.92. The van der Waals surface area contributed by atoms with Crippen LogP contribution < -0.4 is 0 Å². The highest BCUT2D eigenvalue weighted by Gasteiger charge is 2.44. The van der Waals surface area contributed by atoms with Gasteiger partial charge in [-0.1, -0.05) is 38.1 Å². The number of hydrogen-bond donors (Lipinski definition) is 1. The van der Waals surface area contributed by atoms with Crippen molar-refractivity contribution in [3.8, 4) is 0 Å². The molecule has 0 saturated carbocycles. The molecular weight excluding hydrogens is 422 g/mol. The number of aliphatic hydroxyl groups is 1. The molecule has 6 nitrogen and oxygen atoms in total. The second kappa shape index (κ2) is 8.67. The zero-order valence-electron chi connectivity index (χ0n) is 18.5. The minimum atomic E-state index is -0.689. The van der Waals surface area contributed by atoms with Crippen LogP contribution in [-0.2, 0) is 11.3 Å². The molecule has 1 aliphatic heterocycles.